The molecule has 0 spiro atoms. The molecule has 0 unspecified atom stereocenters. The Morgan fingerprint density at radius 2 is 1.25 bits per heavy atom. The molecule has 0 radical (unpaired) electrons. The van der Waals surface area contributed by atoms with Crippen LogP contribution in [0.3, 0.4) is 0 Å². The largest absolute Gasteiger partial charge is 0.488 e. The van der Waals surface area contributed by atoms with Crippen molar-refractivity contribution in [3.63, 3.8) is 0 Å². The van der Waals surface area contributed by atoms with Crippen molar-refractivity contribution in [3.05, 3.63) is 88.0 Å². The Labute approximate surface area is 447 Å². The lowest BCUT2D eigenvalue weighted by Gasteiger charge is -2.54. The molecular formula is C56H82Cl2N2O11Si2. The second-order valence-electron chi connectivity index (χ2n) is 24.1. The van der Waals surface area contributed by atoms with Crippen molar-refractivity contribution in [3.8, 4) is 17.1 Å². The Kier molecular flexibility index (Phi) is 19.8. The fraction of sp³-hybridized carbons (Fsp3) is 0.625. The molecule has 7 rings (SSSR count). The van der Waals surface area contributed by atoms with Crippen molar-refractivity contribution < 1.29 is 46.7 Å². The van der Waals surface area contributed by atoms with Crippen LogP contribution in [0.5, 0.6) is 5.75 Å². The monoisotopic (exact) mass is 1080 g/mol. The van der Waals surface area contributed by atoms with E-state index < -0.39 is 56.5 Å². The van der Waals surface area contributed by atoms with E-state index in [1.165, 1.54) is 6.20 Å². The number of carbonyl (C=O) groups excluding carboxylic acids is 4. The predicted molar refractivity (Wildman–Crippen MR) is 293 cm³/mol. The van der Waals surface area contributed by atoms with E-state index in [1.54, 1.807) is 56.7 Å². The van der Waals surface area contributed by atoms with Crippen LogP contribution in [0.4, 0.5) is 0 Å². The highest BCUT2D eigenvalue weighted by Gasteiger charge is 2.60. The van der Waals surface area contributed by atoms with Gasteiger partial charge in [0.05, 0.1) is 36.2 Å². The number of nitrogens with zero attached hydrogens (tertiary/aromatic N) is 2. The van der Waals surface area contributed by atoms with Crippen LogP contribution >= 0.6 is 24.0 Å². The van der Waals surface area contributed by atoms with E-state index in [0.717, 1.165) is 12.8 Å². The van der Waals surface area contributed by atoms with Crippen molar-refractivity contribution in [1.82, 2.24) is 9.97 Å². The molecule has 0 saturated heterocycles. The van der Waals surface area contributed by atoms with Crippen LogP contribution < -0.4 is 10.4 Å². The first-order chi connectivity index (χ1) is 33.2. The maximum Gasteiger partial charge on any atom is 0.351 e. The van der Waals surface area contributed by atoms with Gasteiger partial charge in [-0.3, -0.25) is 24.4 Å². The average molecular weight is 1090 g/mol. The van der Waals surface area contributed by atoms with E-state index in [4.69, 9.17) is 39.1 Å². The Bertz CT molecular complexity index is 2540. The topological polar surface area (TPSA) is 170 Å². The molecule has 3 aromatic heterocycles. The lowest BCUT2D eigenvalue weighted by atomic mass is 9.64. The number of hydrogen-bond acceptors (Lipinski definition) is 13. The molecule has 5 heterocycles. The lowest BCUT2D eigenvalue weighted by Crippen LogP contribution is -2.64. The first-order valence-corrected chi connectivity index (χ1v) is 31.8. The van der Waals surface area contributed by atoms with Crippen molar-refractivity contribution in [2.24, 2.45) is 35.5 Å². The summed E-state index contributed by atoms with van der Waals surface area (Å²) in [6.07, 6.45) is 8.94. The molecule has 404 valence electrons. The van der Waals surface area contributed by atoms with Gasteiger partial charge in [-0.25, -0.2) is 9.59 Å². The van der Waals surface area contributed by atoms with Gasteiger partial charge in [0.1, 0.15) is 39.6 Å². The summed E-state index contributed by atoms with van der Waals surface area (Å²) >= 11 is 5.12. The summed E-state index contributed by atoms with van der Waals surface area (Å²) in [5, 5.41) is -0.388. The summed E-state index contributed by atoms with van der Waals surface area (Å²) in [7, 11) is -4.22. The van der Waals surface area contributed by atoms with Crippen LogP contribution in [0.15, 0.2) is 75.7 Å². The van der Waals surface area contributed by atoms with Gasteiger partial charge in [-0.05, 0) is 149 Å². The van der Waals surface area contributed by atoms with Gasteiger partial charge >= 0.3 is 11.6 Å². The van der Waals surface area contributed by atoms with E-state index in [2.05, 4.69) is 105 Å². The van der Waals surface area contributed by atoms with E-state index in [1.807, 2.05) is 19.9 Å². The SMILES string of the molecule is CC(C)[C@@H]1C[C@H](O[Si](C)(C)C(C)(C)C)[C@@]2(C)Oc3cc(-c4cccnc4)oc(=O)c3C(=O)[C@@H]2C1.CCOC(=O)C1=C(C)O[C@]2(C)[C@@H](O[Si](C)(C)C(C)(C)C)C[C@@H](C(C)C)C[C@H]2C1=O.Cl.O=C(Cl)c1cccnc1. The summed E-state index contributed by atoms with van der Waals surface area (Å²) in [5.74, 6) is 0.683. The summed E-state index contributed by atoms with van der Waals surface area (Å²) in [4.78, 5) is 70.9. The number of carbonyl (C=O) groups is 4. The molecule has 2 aliphatic carbocycles. The normalized spacial score (nSPS) is 26.0. The molecule has 2 fully saturated rings. The lowest BCUT2D eigenvalue weighted by molar-refractivity contribution is -0.172. The third-order valence-electron chi connectivity index (χ3n) is 16.6. The third-order valence-corrected chi connectivity index (χ3v) is 25.7. The van der Waals surface area contributed by atoms with Crippen molar-refractivity contribution in [2.75, 3.05) is 6.61 Å². The molecule has 0 amide bonds. The fourth-order valence-corrected chi connectivity index (χ4v) is 12.6. The van der Waals surface area contributed by atoms with Gasteiger partial charge in [0.25, 0.3) is 5.24 Å². The van der Waals surface area contributed by atoms with Crippen LogP contribution in [0, 0.1) is 35.5 Å². The minimum atomic E-state index is -2.15. The minimum Gasteiger partial charge on any atom is -0.488 e. The molecule has 0 bridgehead atoms. The Morgan fingerprint density at radius 1 is 0.767 bits per heavy atom. The van der Waals surface area contributed by atoms with Crippen LogP contribution in [0.1, 0.15) is 143 Å². The van der Waals surface area contributed by atoms with Gasteiger partial charge in [0, 0.05) is 36.4 Å². The van der Waals surface area contributed by atoms with E-state index >= 15 is 0 Å². The number of pyridine rings is 2. The van der Waals surface area contributed by atoms with E-state index in [0.29, 0.717) is 59.2 Å². The first-order valence-electron chi connectivity index (χ1n) is 25.6. The molecule has 2 saturated carbocycles. The number of esters is 1. The molecule has 13 nitrogen and oxygen atoms in total. The molecule has 2 aliphatic heterocycles. The van der Waals surface area contributed by atoms with Crippen molar-refractivity contribution in [2.45, 2.75) is 182 Å². The predicted octanol–water partition coefficient (Wildman–Crippen LogP) is 13.2. The van der Waals surface area contributed by atoms with E-state index in [9.17, 15) is 24.0 Å². The molecule has 0 aromatic carbocycles. The highest BCUT2D eigenvalue weighted by Crippen LogP contribution is 2.53. The van der Waals surface area contributed by atoms with Crippen molar-refractivity contribution in [1.29, 1.82) is 0 Å². The Morgan fingerprint density at radius 3 is 1.66 bits per heavy atom. The number of allylic oxidation sites excluding steroid dienone is 1. The number of fused-ring (bicyclic) bond motifs is 3. The van der Waals surface area contributed by atoms with Gasteiger partial charge in [0.15, 0.2) is 28.2 Å². The zero-order valence-electron chi connectivity index (χ0n) is 46.5. The molecule has 0 N–H and O–H groups in total. The maximum atomic E-state index is 13.8. The van der Waals surface area contributed by atoms with Gasteiger partial charge < -0.3 is 27.5 Å². The summed E-state index contributed by atoms with van der Waals surface area (Å²) in [5.41, 5.74) is -1.10. The number of Topliss-reactive ketones (excluding diaryl/α,β-unsaturated/α-hetero) is 2. The quantitative estimate of drug-likeness (QED) is 0.0814. The number of rotatable bonds is 10. The van der Waals surface area contributed by atoms with Crippen LogP contribution in [0.25, 0.3) is 11.3 Å². The second kappa shape index (κ2) is 23.5. The van der Waals surface area contributed by atoms with Crippen LogP contribution in [-0.2, 0) is 27.9 Å². The zero-order valence-corrected chi connectivity index (χ0v) is 50.1. The first kappa shape index (κ1) is 61.6. The molecule has 17 heteroatoms. The molecule has 3 aromatic rings. The third kappa shape index (κ3) is 13.3. The van der Waals surface area contributed by atoms with Crippen LogP contribution in [-0.4, -0.2) is 79.4 Å². The maximum absolute atomic E-state index is 13.8. The smallest absolute Gasteiger partial charge is 0.351 e. The fourth-order valence-electron chi connectivity index (χ4n) is 9.72. The summed E-state index contributed by atoms with van der Waals surface area (Å²) < 4.78 is 37.5. The average Bonchev–Trinajstić information content (AvgIpc) is 3.27. The number of ether oxygens (including phenoxy) is 3. The zero-order chi connectivity index (χ0) is 54.1. The number of halogens is 2. The standard InChI is InChI=1S/C27H37NO5Si.C23H40O5Si.C6H4ClNO.ClH/c1-16(2)18-12-19-24(29)23-21(14-20(31-25(23)30)17-10-9-11-28-15-17)32-27(19,6)22(13-18)33-34(7,8)26(3,4)5;1-11-26-21(25)19-15(4)27-23(8)17(20(19)24)12-16(14(2)3)13-18(23)28-29(9,10)22(5,6)7;7-6(9)5-2-1-3-8-4-5;/h9-11,14-16,18-19,22H,12-13H2,1-8H3;14,16-18H,11-13H2,1-10H3;1-4H;1H/t18-,19-,22-,27-;16-,17-,18-,23-;;/m00../s1. The Hall–Kier alpha value is -4.00. The van der Waals surface area contributed by atoms with E-state index in [-0.39, 0.29) is 69.8 Å². The number of hydrogen-bond donors (Lipinski definition) is 0. The van der Waals surface area contributed by atoms with Gasteiger partial charge in [-0.1, -0.05) is 69.2 Å². The molecule has 73 heavy (non-hydrogen) atoms. The second-order valence-corrected chi connectivity index (χ2v) is 34.0. The van der Waals surface area contributed by atoms with Crippen molar-refractivity contribution >= 4 is 63.4 Å². The highest BCUT2D eigenvalue weighted by atomic mass is 35.5. The summed E-state index contributed by atoms with van der Waals surface area (Å²) in [6, 6.07) is 8.52. The summed E-state index contributed by atoms with van der Waals surface area (Å²) in [6.45, 7) is 38.7. The van der Waals surface area contributed by atoms with Gasteiger partial charge in [0.2, 0.25) is 0 Å². The highest BCUT2D eigenvalue weighted by molar-refractivity contribution is 6.74. The molecule has 8 atom stereocenters. The minimum absolute atomic E-state index is 0. The van der Waals surface area contributed by atoms with Gasteiger partial charge in [-0.15, -0.1) is 12.4 Å². The molecule has 4 aliphatic rings. The molecular weight excluding hydrogens is 1000 g/mol. The van der Waals surface area contributed by atoms with Crippen LogP contribution in [0.2, 0.25) is 36.3 Å². The Balaban J connectivity index is 0.000000269. The van der Waals surface area contributed by atoms with Gasteiger partial charge in [-0.2, -0.15) is 0 Å². The number of ketones is 2. The number of aromatic nitrogens is 2.